The second-order valence-electron chi connectivity index (χ2n) is 4.02. The Balaban J connectivity index is 2.42. The van der Waals surface area contributed by atoms with Crippen LogP contribution in [0.15, 0.2) is 48.7 Å². The topological polar surface area (TPSA) is 54.6 Å². The van der Waals surface area contributed by atoms with Crippen LogP contribution in [0.3, 0.4) is 0 Å². The Morgan fingerprint density at radius 1 is 1.16 bits per heavy atom. The highest BCUT2D eigenvalue weighted by atomic mass is 19.1. The molecule has 3 aromatic rings. The monoisotopic (exact) mass is 256 g/mol. The number of benzene rings is 1. The molecule has 0 amide bonds. The molecule has 1 N–H and O–H groups in total. The van der Waals surface area contributed by atoms with Crippen LogP contribution in [0.5, 0.6) is 0 Å². The summed E-state index contributed by atoms with van der Waals surface area (Å²) in [5, 5.41) is 9.22. The van der Waals surface area contributed by atoms with Gasteiger partial charge in [0.15, 0.2) is 5.69 Å². The van der Waals surface area contributed by atoms with Crippen LogP contribution >= 0.6 is 0 Å². The van der Waals surface area contributed by atoms with Crippen molar-refractivity contribution in [3.63, 3.8) is 0 Å². The number of pyridine rings is 1. The van der Waals surface area contributed by atoms with Gasteiger partial charge in [0.05, 0.1) is 5.69 Å². The zero-order chi connectivity index (χ0) is 13.4. The molecule has 0 atom stereocenters. The van der Waals surface area contributed by atoms with Crippen LogP contribution in [0.2, 0.25) is 0 Å². The predicted molar refractivity (Wildman–Crippen MR) is 67.5 cm³/mol. The molecule has 0 aliphatic rings. The van der Waals surface area contributed by atoms with E-state index >= 15 is 0 Å². The SMILES string of the molecule is O=C(O)c1nc2ccccn2c1-c1ccccc1F. The van der Waals surface area contributed by atoms with E-state index in [1.54, 1.807) is 40.9 Å². The molecule has 0 unspecified atom stereocenters. The number of imidazole rings is 1. The van der Waals surface area contributed by atoms with Crippen LogP contribution < -0.4 is 0 Å². The Labute approximate surface area is 107 Å². The number of hydrogen-bond acceptors (Lipinski definition) is 2. The Morgan fingerprint density at radius 2 is 1.89 bits per heavy atom. The fourth-order valence-corrected chi connectivity index (χ4v) is 2.06. The summed E-state index contributed by atoms with van der Waals surface area (Å²) in [5.41, 5.74) is 0.786. The van der Waals surface area contributed by atoms with Crippen molar-refractivity contribution in [1.29, 1.82) is 0 Å². The molecule has 0 fully saturated rings. The quantitative estimate of drug-likeness (QED) is 0.767. The predicted octanol–water partition coefficient (Wildman–Crippen LogP) is 2.84. The first kappa shape index (κ1) is 11.4. The summed E-state index contributed by atoms with van der Waals surface area (Å²) in [7, 11) is 0. The summed E-state index contributed by atoms with van der Waals surface area (Å²) >= 11 is 0. The van der Waals surface area contributed by atoms with Crippen LogP contribution in [0, 0.1) is 5.82 Å². The lowest BCUT2D eigenvalue weighted by molar-refractivity contribution is 0.0692. The van der Waals surface area contributed by atoms with Gasteiger partial charge in [-0.05, 0) is 24.3 Å². The summed E-state index contributed by atoms with van der Waals surface area (Å²) in [6.45, 7) is 0. The first-order chi connectivity index (χ1) is 9.18. The molecule has 4 nitrogen and oxygen atoms in total. The minimum atomic E-state index is -1.18. The van der Waals surface area contributed by atoms with E-state index in [4.69, 9.17) is 0 Å². The zero-order valence-corrected chi connectivity index (χ0v) is 9.75. The lowest BCUT2D eigenvalue weighted by Gasteiger charge is -2.04. The number of aromatic carboxylic acids is 1. The molecule has 2 aromatic heterocycles. The zero-order valence-electron chi connectivity index (χ0n) is 9.75. The van der Waals surface area contributed by atoms with Crippen molar-refractivity contribution >= 4 is 11.6 Å². The Bertz CT molecular complexity index is 780. The first-order valence-electron chi connectivity index (χ1n) is 5.64. The molecule has 0 bridgehead atoms. The minimum Gasteiger partial charge on any atom is -0.476 e. The average Bonchev–Trinajstić information content (AvgIpc) is 2.79. The number of carboxylic acid groups (broad SMARTS) is 1. The highest BCUT2D eigenvalue weighted by Crippen LogP contribution is 2.27. The number of hydrogen-bond donors (Lipinski definition) is 1. The summed E-state index contributed by atoms with van der Waals surface area (Å²) < 4.78 is 15.5. The second kappa shape index (κ2) is 4.20. The van der Waals surface area contributed by atoms with Crippen LogP contribution in [0.25, 0.3) is 16.9 Å². The molecule has 0 aliphatic carbocycles. The molecule has 2 heterocycles. The molecule has 0 saturated carbocycles. The van der Waals surface area contributed by atoms with E-state index in [2.05, 4.69) is 4.98 Å². The normalized spacial score (nSPS) is 10.8. The van der Waals surface area contributed by atoms with Crippen LogP contribution in [0.1, 0.15) is 10.5 Å². The summed E-state index contributed by atoms with van der Waals surface area (Å²) in [6, 6.07) is 11.2. The smallest absolute Gasteiger partial charge is 0.356 e. The molecule has 0 saturated heterocycles. The Hall–Kier alpha value is -2.69. The molecule has 5 heteroatoms. The van der Waals surface area contributed by atoms with Gasteiger partial charge in [-0.15, -0.1) is 0 Å². The maximum absolute atomic E-state index is 13.9. The van der Waals surface area contributed by atoms with Crippen LogP contribution in [-0.4, -0.2) is 20.5 Å². The first-order valence-corrected chi connectivity index (χ1v) is 5.64. The van der Waals surface area contributed by atoms with E-state index < -0.39 is 11.8 Å². The maximum atomic E-state index is 13.9. The van der Waals surface area contributed by atoms with Gasteiger partial charge in [-0.3, -0.25) is 4.40 Å². The van der Waals surface area contributed by atoms with Crippen LogP contribution in [0.4, 0.5) is 4.39 Å². The molecule has 0 aliphatic heterocycles. The number of aromatic nitrogens is 2. The van der Waals surface area contributed by atoms with E-state index in [1.165, 1.54) is 12.1 Å². The van der Waals surface area contributed by atoms with E-state index in [-0.39, 0.29) is 17.0 Å². The van der Waals surface area contributed by atoms with Crippen molar-refractivity contribution in [3.8, 4) is 11.3 Å². The fraction of sp³-hybridized carbons (Fsp3) is 0. The van der Waals surface area contributed by atoms with E-state index in [1.807, 2.05) is 0 Å². The summed E-state index contributed by atoms with van der Waals surface area (Å²) in [5.74, 6) is -1.65. The molecule has 0 radical (unpaired) electrons. The number of fused-ring (bicyclic) bond motifs is 1. The molecular weight excluding hydrogens is 247 g/mol. The largest absolute Gasteiger partial charge is 0.476 e. The van der Waals surface area contributed by atoms with Crippen molar-refractivity contribution < 1.29 is 14.3 Å². The standard InChI is InChI=1S/C14H9FN2O2/c15-10-6-2-1-5-9(10)13-12(14(18)19)16-11-7-3-4-8-17(11)13/h1-8H,(H,18,19). The highest BCUT2D eigenvalue weighted by Gasteiger charge is 2.21. The van der Waals surface area contributed by atoms with E-state index in [9.17, 15) is 14.3 Å². The van der Waals surface area contributed by atoms with Crippen molar-refractivity contribution in [1.82, 2.24) is 9.38 Å². The highest BCUT2D eigenvalue weighted by molar-refractivity contribution is 5.94. The molecule has 1 aromatic carbocycles. The number of nitrogens with zero attached hydrogens (tertiary/aromatic N) is 2. The average molecular weight is 256 g/mol. The van der Waals surface area contributed by atoms with Crippen molar-refractivity contribution in [2.45, 2.75) is 0 Å². The van der Waals surface area contributed by atoms with Crippen molar-refractivity contribution in [2.24, 2.45) is 0 Å². The van der Waals surface area contributed by atoms with Gasteiger partial charge in [0.25, 0.3) is 0 Å². The van der Waals surface area contributed by atoms with E-state index in [0.29, 0.717) is 5.65 Å². The molecule has 3 rings (SSSR count). The number of rotatable bonds is 2. The maximum Gasteiger partial charge on any atom is 0.356 e. The van der Waals surface area contributed by atoms with Gasteiger partial charge in [0.2, 0.25) is 0 Å². The lowest BCUT2D eigenvalue weighted by atomic mass is 10.1. The fourth-order valence-electron chi connectivity index (χ4n) is 2.06. The molecule has 94 valence electrons. The minimum absolute atomic E-state index is 0.156. The third kappa shape index (κ3) is 1.76. The van der Waals surface area contributed by atoms with E-state index in [0.717, 1.165) is 0 Å². The number of carboxylic acids is 1. The van der Waals surface area contributed by atoms with Crippen molar-refractivity contribution in [2.75, 3.05) is 0 Å². The molecular formula is C14H9FN2O2. The van der Waals surface area contributed by atoms with Gasteiger partial charge < -0.3 is 5.11 Å². The van der Waals surface area contributed by atoms with Gasteiger partial charge in [0.1, 0.15) is 11.5 Å². The number of halogens is 1. The lowest BCUT2D eigenvalue weighted by Crippen LogP contribution is -2.01. The third-order valence-electron chi connectivity index (χ3n) is 2.86. The Morgan fingerprint density at radius 3 is 2.63 bits per heavy atom. The molecule has 19 heavy (non-hydrogen) atoms. The molecule has 0 spiro atoms. The van der Waals surface area contributed by atoms with Gasteiger partial charge in [-0.1, -0.05) is 18.2 Å². The third-order valence-corrected chi connectivity index (χ3v) is 2.86. The van der Waals surface area contributed by atoms with Gasteiger partial charge in [0, 0.05) is 11.8 Å². The van der Waals surface area contributed by atoms with Gasteiger partial charge >= 0.3 is 5.97 Å². The van der Waals surface area contributed by atoms with Gasteiger partial charge in [-0.25, -0.2) is 14.2 Å². The second-order valence-corrected chi connectivity index (χ2v) is 4.02. The summed E-state index contributed by atoms with van der Waals surface area (Å²) in [4.78, 5) is 15.3. The Kier molecular flexibility index (Phi) is 2.52. The number of carbonyl (C=O) groups is 1. The summed E-state index contributed by atoms with van der Waals surface area (Å²) in [6.07, 6.45) is 1.66. The van der Waals surface area contributed by atoms with Gasteiger partial charge in [-0.2, -0.15) is 0 Å². The van der Waals surface area contributed by atoms with Crippen molar-refractivity contribution in [3.05, 3.63) is 60.2 Å². The van der Waals surface area contributed by atoms with Crippen LogP contribution in [-0.2, 0) is 0 Å².